The Balaban J connectivity index is 1.20. The predicted molar refractivity (Wildman–Crippen MR) is 202 cm³/mol. The van der Waals surface area contributed by atoms with Crippen LogP contribution in [0.15, 0.2) is 174 Å². The van der Waals surface area contributed by atoms with Crippen LogP contribution in [-0.2, 0) is 5.41 Å². The summed E-state index contributed by atoms with van der Waals surface area (Å²) in [5.41, 5.74) is 16.2. The molecule has 50 heavy (non-hydrogen) atoms. The largest absolute Gasteiger partial charge is 0.455 e. The van der Waals surface area contributed by atoms with Gasteiger partial charge in [0.1, 0.15) is 11.2 Å². The number of benzene rings is 7. The second kappa shape index (κ2) is 10.2. The van der Waals surface area contributed by atoms with Crippen molar-refractivity contribution in [3.8, 4) is 56.2 Å². The molecule has 0 saturated heterocycles. The first-order chi connectivity index (χ1) is 24.8. The van der Waals surface area contributed by atoms with Gasteiger partial charge in [-0.05, 0) is 51.1 Å². The monoisotopic (exact) mass is 636 g/mol. The maximum Gasteiger partial charge on any atom is 0.164 e. The molecule has 0 fully saturated rings. The van der Waals surface area contributed by atoms with Gasteiger partial charge >= 0.3 is 0 Å². The van der Waals surface area contributed by atoms with Gasteiger partial charge < -0.3 is 4.42 Å². The van der Waals surface area contributed by atoms with Crippen LogP contribution in [0.2, 0.25) is 0 Å². The van der Waals surface area contributed by atoms with Crippen LogP contribution < -0.4 is 0 Å². The molecule has 0 atom stereocenters. The molecular weight excluding hydrogens is 609 g/mol. The van der Waals surface area contributed by atoms with Gasteiger partial charge in [0.2, 0.25) is 0 Å². The number of aromatic nitrogens is 2. The molecule has 7 aromatic carbocycles. The number of furan rings is 1. The fourth-order valence-corrected chi connectivity index (χ4v) is 8.69. The molecule has 2 heterocycles. The molecule has 9 aromatic rings. The molecule has 2 aliphatic carbocycles. The summed E-state index contributed by atoms with van der Waals surface area (Å²) in [6.45, 7) is 0. The van der Waals surface area contributed by atoms with Gasteiger partial charge in [-0.25, -0.2) is 9.97 Å². The maximum atomic E-state index is 7.13. The zero-order valence-electron chi connectivity index (χ0n) is 27.0. The van der Waals surface area contributed by atoms with Gasteiger partial charge in [-0.3, -0.25) is 0 Å². The normalized spacial score (nSPS) is 13.4. The Kier molecular flexibility index (Phi) is 5.59. The Hall–Kier alpha value is -6.58. The van der Waals surface area contributed by atoms with Crippen LogP contribution in [0.4, 0.5) is 0 Å². The molecule has 1 spiro atoms. The number of rotatable bonds is 3. The highest BCUT2D eigenvalue weighted by Gasteiger charge is 2.52. The minimum absolute atomic E-state index is 0.424. The predicted octanol–water partition coefficient (Wildman–Crippen LogP) is 11.7. The van der Waals surface area contributed by atoms with Crippen LogP contribution in [0.1, 0.15) is 22.3 Å². The summed E-state index contributed by atoms with van der Waals surface area (Å²) in [6, 6.07) is 60.3. The molecule has 0 radical (unpaired) electrons. The Morgan fingerprint density at radius 1 is 0.380 bits per heavy atom. The molecule has 2 aliphatic rings. The summed E-state index contributed by atoms with van der Waals surface area (Å²) in [5.74, 6) is 0.641. The fourth-order valence-electron chi connectivity index (χ4n) is 8.69. The van der Waals surface area contributed by atoms with Crippen molar-refractivity contribution in [3.05, 3.63) is 192 Å². The summed E-state index contributed by atoms with van der Waals surface area (Å²) in [7, 11) is 0. The smallest absolute Gasteiger partial charge is 0.164 e. The van der Waals surface area contributed by atoms with E-state index in [1.807, 2.05) is 36.4 Å². The average molecular weight is 637 g/mol. The van der Waals surface area contributed by atoms with E-state index in [0.717, 1.165) is 55.6 Å². The van der Waals surface area contributed by atoms with Crippen LogP contribution in [0.3, 0.4) is 0 Å². The highest BCUT2D eigenvalue weighted by Crippen LogP contribution is 2.64. The van der Waals surface area contributed by atoms with Crippen molar-refractivity contribution < 1.29 is 4.42 Å². The zero-order chi connectivity index (χ0) is 32.8. The number of hydrogen-bond donors (Lipinski definition) is 0. The number of hydrogen-bond acceptors (Lipinski definition) is 3. The third-order valence-corrected chi connectivity index (χ3v) is 10.7. The minimum atomic E-state index is -0.424. The summed E-state index contributed by atoms with van der Waals surface area (Å²) < 4.78 is 7.13. The lowest BCUT2D eigenvalue weighted by atomic mass is 9.70. The Labute approximate surface area is 289 Å². The number of para-hydroxylation sites is 1. The van der Waals surface area contributed by atoms with Crippen LogP contribution in [0.5, 0.6) is 0 Å². The van der Waals surface area contributed by atoms with E-state index in [9.17, 15) is 0 Å². The summed E-state index contributed by atoms with van der Waals surface area (Å²) in [5, 5.41) is 2.15. The van der Waals surface area contributed by atoms with E-state index >= 15 is 0 Å². The summed E-state index contributed by atoms with van der Waals surface area (Å²) >= 11 is 0. The SMILES string of the molecule is c1ccc(-c2cc(-c3ccccc3)nc(-c3cccc4c3oc3c5c(ccc34)C3(c4ccccc4-c4ccccc43)c3ccccc3-5)n2)cc1. The fraction of sp³-hybridized carbons (Fsp3) is 0.0213. The van der Waals surface area contributed by atoms with Crippen LogP contribution in [0, 0.1) is 0 Å². The van der Waals surface area contributed by atoms with E-state index in [4.69, 9.17) is 14.4 Å². The van der Waals surface area contributed by atoms with E-state index in [1.54, 1.807) is 0 Å². The van der Waals surface area contributed by atoms with Crippen molar-refractivity contribution in [1.29, 1.82) is 0 Å². The summed E-state index contributed by atoms with van der Waals surface area (Å²) in [4.78, 5) is 10.3. The Bertz CT molecular complexity index is 2710. The van der Waals surface area contributed by atoms with Gasteiger partial charge in [-0.15, -0.1) is 0 Å². The molecule has 0 unspecified atom stereocenters. The van der Waals surface area contributed by atoms with Gasteiger partial charge in [0, 0.05) is 27.5 Å². The highest BCUT2D eigenvalue weighted by molar-refractivity contribution is 6.15. The Morgan fingerprint density at radius 2 is 0.880 bits per heavy atom. The lowest BCUT2D eigenvalue weighted by Crippen LogP contribution is -2.25. The molecule has 0 bridgehead atoms. The third kappa shape index (κ3) is 3.58. The molecule has 0 amide bonds. The zero-order valence-corrected chi connectivity index (χ0v) is 27.0. The second-order valence-corrected chi connectivity index (χ2v) is 13.2. The van der Waals surface area contributed by atoms with Crippen LogP contribution in [-0.4, -0.2) is 9.97 Å². The standard InChI is InChI=1S/C47H28N2O/c1-3-14-29(15-4-1)41-28-42(30-16-5-2-6-17-30)49-46(48-41)36-22-13-21-33-34-26-27-40-43(45(34)50-44(33)36)35-20-9-12-25-39(35)47(40)37-23-10-7-18-31(37)32-19-8-11-24-38(32)47/h1-28H. The van der Waals surface area contributed by atoms with Gasteiger partial charge in [-0.2, -0.15) is 0 Å². The van der Waals surface area contributed by atoms with Crippen molar-refractivity contribution in [1.82, 2.24) is 9.97 Å². The second-order valence-electron chi connectivity index (χ2n) is 13.2. The van der Waals surface area contributed by atoms with Crippen LogP contribution in [0.25, 0.3) is 78.1 Å². The molecule has 11 rings (SSSR count). The van der Waals surface area contributed by atoms with E-state index in [-0.39, 0.29) is 0 Å². The lowest BCUT2D eigenvalue weighted by molar-refractivity contribution is 0.669. The average Bonchev–Trinajstić information content (AvgIpc) is 3.83. The molecule has 0 aliphatic heterocycles. The first kappa shape index (κ1) is 27.4. The lowest BCUT2D eigenvalue weighted by Gasteiger charge is -2.30. The molecule has 0 N–H and O–H groups in total. The molecular formula is C47H28N2O. The van der Waals surface area contributed by atoms with Gasteiger partial charge in [0.25, 0.3) is 0 Å². The van der Waals surface area contributed by atoms with E-state index in [2.05, 4.69) is 133 Å². The first-order valence-corrected chi connectivity index (χ1v) is 17.1. The van der Waals surface area contributed by atoms with E-state index in [1.165, 1.54) is 38.9 Å². The first-order valence-electron chi connectivity index (χ1n) is 17.1. The molecule has 2 aromatic heterocycles. The van der Waals surface area contributed by atoms with Crippen molar-refractivity contribution >= 4 is 21.9 Å². The molecule has 3 heteroatoms. The number of nitrogens with zero attached hydrogens (tertiary/aromatic N) is 2. The Morgan fingerprint density at radius 3 is 1.50 bits per heavy atom. The molecule has 232 valence electrons. The van der Waals surface area contributed by atoms with Crippen molar-refractivity contribution in [2.24, 2.45) is 0 Å². The van der Waals surface area contributed by atoms with Crippen molar-refractivity contribution in [3.63, 3.8) is 0 Å². The van der Waals surface area contributed by atoms with Crippen molar-refractivity contribution in [2.45, 2.75) is 5.41 Å². The van der Waals surface area contributed by atoms with Crippen LogP contribution >= 0.6 is 0 Å². The highest BCUT2D eigenvalue weighted by atomic mass is 16.3. The minimum Gasteiger partial charge on any atom is -0.455 e. The van der Waals surface area contributed by atoms with Gasteiger partial charge in [0.15, 0.2) is 5.82 Å². The third-order valence-electron chi connectivity index (χ3n) is 10.7. The van der Waals surface area contributed by atoms with E-state index < -0.39 is 5.41 Å². The maximum absolute atomic E-state index is 7.13. The van der Waals surface area contributed by atoms with E-state index in [0.29, 0.717) is 5.82 Å². The summed E-state index contributed by atoms with van der Waals surface area (Å²) in [6.07, 6.45) is 0. The van der Waals surface area contributed by atoms with Gasteiger partial charge in [0.05, 0.1) is 22.4 Å². The van der Waals surface area contributed by atoms with Crippen molar-refractivity contribution in [2.75, 3.05) is 0 Å². The quantitative estimate of drug-likeness (QED) is 0.194. The van der Waals surface area contributed by atoms with Gasteiger partial charge in [-0.1, -0.05) is 158 Å². The number of fused-ring (bicyclic) bond motifs is 14. The molecule has 3 nitrogen and oxygen atoms in total. The topological polar surface area (TPSA) is 38.9 Å². The molecule has 0 saturated carbocycles.